The number of allylic oxidation sites excluding steroid dienone is 3. The van der Waals surface area contributed by atoms with Gasteiger partial charge >= 0.3 is 7.82 Å². The number of amides is 1. The lowest BCUT2D eigenvalue weighted by atomic mass is 10.0. The smallest absolute Gasteiger partial charge is 0.387 e. The molecule has 9 heteroatoms. The number of rotatable bonds is 42. The molecule has 0 aliphatic heterocycles. The Hall–Kier alpha value is -1.02. The van der Waals surface area contributed by atoms with E-state index in [1.807, 2.05) is 6.08 Å². The van der Waals surface area contributed by atoms with E-state index in [1.165, 1.54) is 161 Å². The molecule has 5 N–H and O–H groups in total. The highest BCUT2D eigenvalue weighted by Crippen LogP contribution is 2.43. The molecule has 0 heterocycles. The maximum atomic E-state index is 12.8. The number of nitrogens with two attached hydrogens (primary N) is 1. The first-order chi connectivity index (χ1) is 25.9. The molecule has 0 fully saturated rings. The standard InChI is InChI=1S/C44H87N2O6P/c1-3-5-7-9-11-13-15-17-18-19-20-21-22-23-24-26-28-30-32-34-36-38-44(48)46-42(41-52-53(49,50)51-40-39-45)43(47)37-35-33-31-29-27-25-16-14-12-10-8-6-4-2/h19-20,35,37,42-43,47H,3-18,21-34,36,38-41,45H2,1-2H3,(H,46,48)(H,49,50)/b20-19-,37-35+. The lowest BCUT2D eigenvalue weighted by Crippen LogP contribution is -2.45. The number of aliphatic hydroxyl groups is 1. The van der Waals surface area contributed by atoms with Crippen molar-refractivity contribution in [2.45, 2.75) is 231 Å². The maximum absolute atomic E-state index is 12.8. The van der Waals surface area contributed by atoms with E-state index in [9.17, 15) is 19.4 Å². The summed E-state index contributed by atoms with van der Waals surface area (Å²) in [4.78, 5) is 22.7. The van der Waals surface area contributed by atoms with Crippen molar-refractivity contribution in [2.75, 3.05) is 19.8 Å². The van der Waals surface area contributed by atoms with Crippen molar-refractivity contribution in [2.24, 2.45) is 5.73 Å². The Morgan fingerprint density at radius 1 is 0.604 bits per heavy atom. The normalized spacial score (nSPS) is 14.3. The van der Waals surface area contributed by atoms with Crippen molar-refractivity contribution in [1.82, 2.24) is 5.32 Å². The van der Waals surface area contributed by atoms with E-state index >= 15 is 0 Å². The van der Waals surface area contributed by atoms with E-state index in [-0.39, 0.29) is 25.7 Å². The van der Waals surface area contributed by atoms with E-state index in [4.69, 9.17) is 14.8 Å². The molecule has 0 bridgehead atoms. The molecule has 0 rings (SSSR count). The Kier molecular flexibility index (Phi) is 39.9. The minimum absolute atomic E-state index is 0.0792. The minimum Gasteiger partial charge on any atom is -0.387 e. The van der Waals surface area contributed by atoms with Crippen LogP contribution in [0.5, 0.6) is 0 Å². The van der Waals surface area contributed by atoms with Gasteiger partial charge < -0.3 is 21.1 Å². The van der Waals surface area contributed by atoms with Crippen LogP contribution in [0.25, 0.3) is 0 Å². The Morgan fingerprint density at radius 2 is 0.981 bits per heavy atom. The molecule has 0 aliphatic rings. The van der Waals surface area contributed by atoms with Crippen molar-refractivity contribution >= 4 is 13.7 Å². The molecule has 0 spiro atoms. The molecule has 0 radical (unpaired) electrons. The van der Waals surface area contributed by atoms with Gasteiger partial charge in [-0.25, -0.2) is 4.57 Å². The molecule has 53 heavy (non-hydrogen) atoms. The fourth-order valence-electron chi connectivity index (χ4n) is 6.60. The molecule has 0 saturated carbocycles. The second-order valence-corrected chi connectivity index (χ2v) is 16.7. The van der Waals surface area contributed by atoms with Crippen LogP contribution in [0, 0.1) is 0 Å². The summed E-state index contributed by atoms with van der Waals surface area (Å²) in [6, 6.07) is -0.858. The molecule has 0 aromatic carbocycles. The third-order valence-electron chi connectivity index (χ3n) is 10.0. The molecular weight excluding hydrogens is 683 g/mol. The molecule has 3 atom stereocenters. The van der Waals surface area contributed by atoms with Crippen LogP contribution >= 0.6 is 7.82 Å². The van der Waals surface area contributed by atoms with Crippen LogP contribution in [-0.4, -0.2) is 47.8 Å². The number of unbranched alkanes of at least 4 members (excludes halogenated alkanes) is 28. The fraction of sp³-hybridized carbons (Fsp3) is 0.886. The highest BCUT2D eigenvalue weighted by molar-refractivity contribution is 7.47. The lowest BCUT2D eigenvalue weighted by Gasteiger charge is -2.23. The molecule has 0 aromatic rings. The third-order valence-corrected chi connectivity index (χ3v) is 11.0. The van der Waals surface area contributed by atoms with E-state index in [2.05, 4.69) is 31.3 Å². The van der Waals surface area contributed by atoms with Crippen molar-refractivity contribution in [1.29, 1.82) is 0 Å². The van der Waals surface area contributed by atoms with Crippen molar-refractivity contribution in [3.63, 3.8) is 0 Å². The lowest BCUT2D eigenvalue weighted by molar-refractivity contribution is -0.123. The topological polar surface area (TPSA) is 131 Å². The van der Waals surface area contributed by atoms with E-state index in [0.29, 0.717) is 6.42 Å². The average molecular weight is 771 g/mol. The van der Waals surface area contributed by atoms with Gasteiger partial charge in [-0.1, -0.05) is 192 Å². The van der Waals surface area contributed by atoms with Crippen molar-refractivity contribution in [3.8, 4) is 0 Å². The van der Waals surface area contributed by atoms with Crippen LogP contribution in [0.1, 0.15) is 219 Å². The Balaban J connectivity index is 4.13. The Bertz CT molecular complexity index is 886. The highest BCUT2D eigenvalue weighted by Gasteiger charge is 2.26. The van der Waals surface area contributed by atoms with Crippen molar-refractivity contribution in [3.05, 3.63) is 24.3 Å². The maximum Gasteiger partial charge on any atom is 0.472 e. The SMILES string of the molecule is CCCCCCCCCC/C=C\CCCCCCCCCCCC(=O)NC(COP(=O)(O)OCCN)C(O)/C=C/CCCCCCCCCCCCC. The van der Waals surface area contributed by atoms with Crippen LogP contribution in [0.4, 0.5) is 0 Å². The molecule has 0 aliphatic carbocycles. The summed E-state index contributed by atoms with van der Waals surface area (Å²) >= 11 is 0. The molecule has 1 amide bonds. The zero-order chi connectivity index (χ0) is 38.9. The number of hydrogen-bond acceptors (Lipinski definition) is 6. The summed E-state index contributed by atoms with van der Waals surface area (Å²) < 4.78 is 22.1. The summed E-state index contributed by atoms with van der Waals surface area (Å²) in [6.45, 7) is 4.14. The second kappa shape index (κ2) is 40.6. The summed E-state index contributed by atoms with van der Waals surface area (Å²) in [5.41, 5.74) is 5.37. The number of carbonyl (C=O) groups excluding carboxylic acids is 1. The monoisotopic (exact) mass is 771 g/mol. The largest absolute Gasteiger partial charge is 0.472 e. The van der Waals surface area contributed by atoms with Crippen LogP contribution in [-0.2, 0) is 18.4 Å². The predicted octanol–water partition coefficient (Wildman–Crippen LogP) is 12.6. The molecule has 3 unspecified atom stereocenters. The third kappa shape index (κ3) is 39.0. The van der Waals surface area contributed by atoms with Gasteiger partial charge in [0, 0.05) is 13.0 Å². The average Bonchev–Trinajstić information content (AvgIpc) is 3.14. The van der Waals surface area contributed by atoms with Crippen molar-refractivity contribution < 1.29 is 28.4 Å². The van der Waals surface area contributed by atoms with Gasteiger partial charge in [-0.2, -0.15) is 0 Å². The van der Waals surface area contributed by atoms with Crippen LogP contribution in [0.2, 0.25) is 0 Å². The Labute approximate surface area is 327 Å². The van der Waals surface area contributed by atoms with Gasteiger partial charge in [0.1, 0.15) is 0 Å². The number of phosphoric ester groups is 1. The van der Waals surface area contributed by atoms with Crippen LogP contribution in [0.3, 0.4) is 0 Å². The van der Waals surface area contributed by atoms with Crippen LogP contribution in [0.15, 0.2) is 24.3 Å². The zero-order valence-electron chi connectivity index (χ0n) is 34.8. The van der Waals surface area contributed by atoms with Gasteiger partial charge in [-0.3, -0.25) is 13.8 Å². The van der Waals surface area contributed by atoms with Gasteiger partial charge in [0.25, 0.3) is 0 Å². The molecule has 314 valence electrons. The second-order valence-electron chi connectivity index (χ2n) is 15.3. The molecule has 0 aromatic heterocycles. The quantitative estimate of drug-likeness (QED) is 0.0276. The van der Waals surface area contributed by atoms with Gasteiger partial charge in [-0.15, -0.1) is 0 Å². The van der Waals surface area contributed by atoms with Gasteiger partial charge in [-0.05, 0) is 44.9 Å². The first-order valence-corrected chi connectivity index (χ1v) is 24.0. The number of carbonyl (C=O) groups is 1. The number of aliphatic hydroxyl groups excluding tert-OH is 1. The van der Waals surface area contributed by atoms with E-state index < -0.39 is 20.0 Å². The highest BCUT2D eigenvalue weighted by atomic mass is 31.2. The first kappa shape index (κ1) is 52.0. The van der Waals surface area contributed by atoms with Gasteiger partial charge in [0.2, 0.25) is 5.91 Å². The fourth-order valence-corrected chi connectivity index (χ4v) is 7.36. The molecule has 0 saturated heterocycles. The number of phosphoric acid groups is 1. The van der Waals surface area contributed by atoms with Gasteiger partial charge in [0.15, 0.2) is 0 Å². The van der Waals surface area contributed by atoms with E-state index in [0.717, 1.165) is 38.5 Å². The zero-order valence-corrected chi connectivity index (χ0v) is 35.7. The Morgan fingerprint density at radius 3 is 1.40 bits per heavy atom. The summed E-state index contributed by atoms with van der Waals surface area (Å²) in [7, 11) is -4.33. The number of nitrogens with one attached hydrogen (secondary N) is 1. The number of hydrogen-bond donors (Lipinski definition) is 4. The van der Waals surface area contributed by atoms with E-state index in [1.54, 1.807) is 6.08 Å². The summed E-state index contributed by atoms with van der Waals surface area (Å²) in [6.07, 6.45) is 46.5. The molecule has 8 nitrogen and oxygen atoms in total. The summed E-state index contributed by atoms with van der Waals surface area (Å²) in [5.74, 6) is -0.195. The van der Waals surface area contributed by atoms with Gasteiger partial charge in [0.05, 0.1) is 25.4 Å². The van der Waals surface area contributed by atoms with Crippen LogP contribution < -0.4 is 11.1 Å². The summed E-state index contributed by atoms with van der Waals surface area (Å²) in [5, 5.41) is 13.7. The molecular formula is C44H87N2O6P. The first-order valence-electron chi connectivity index (χ1n) is 22.5. The predicted molar refractivity (Wildman–Crippen MR) is 226 cm³/mol. The minimum atomic E-state index is -4.33.